The molecule has 0 aliphatic carbocycles. The van der Waals surface area contributed by atoms with Gasteiger partial charge in [0.2, 0.25) is 0 Å². The molecule has 1 fully saturated rings. The molecule has 1 saturated heterocycles. The molecule has 0 saturated carbocycles. The molecular weight excluding hydrogens is 363 g/mol. The molecule has 1 amide bonds. The predicted molar refractivity (Wildman–Crippen MR) is 100 cm³/mol. The first-order valence-corrected chi connectivity index (χ1v) is 9.61. The summed E-state index contributed by atoms with van der Waals surface area (Å²) in [5.41, 5.74) is 1.41. The summed E-state index contributed by atoms with van der Waals surface area (Å²) in [5.74, 6) is 0.293. The number of carbonyl (C=O) groups excluding carboxylic acids is 1. The first-order chi connectivity index (χ1) is 13.6. The van der Waals surface area contributed by atoms with Crippen LogP contribution in [-0.2, 0) is 24.2 Å². The maximum atomic E-state index is 13.9. The first-order valence-electron chi connectivity index (χ1n) is 9.61. The van der Waals surface area contributed by atoms with Crippen LogP contribution in [0.15, 0.2) is 28.7 Å². The van der Waals surface area contributed by atoms with Crippen LogP contribution in [0, 0.1) is 5.82 Å². The molecule has 2 aromatic rings. The summed E-state index contributed by atoms with van der Waals surface area (Å²) in [5, 5.41) is 2.85. The van der Waals surface area contributed by atoms with Crippen molar-refractivity contribution in [2.75, 3.05) is 39.8 Å². The van der Waals surface area contributed by atoms with Gasteiger partial charge >= 0.3 is 5.91 Å². The molecular formula is C20H25FN4O3. The molecule has 2 aliphatic rings. The van der Waals surface area contributed by atoms with E-state index in [1.54, 1.807) is 12.1 Å². The predicted octanol–water partition coefficient (Wildman–Crippen LogP) is 1.43. The molecule has 1 N–H and O–H groups in total. The zero-order valence-corrected chi connectivity index (χ0v) is 16.0. The molecule has 0 radical (unpaired) electrons. The van der Waals surface area contributed by atoms with Gasteiger partial charge in [-0.1, -0.05) is 18.2 Å². The van der Waals surface area contributed by atoms with E-state index >= 15 is 0 Å². The maximum Gasteiger partial charge on any atom is 0.307 e. The highest BCUT2D eigenvalue weighted by Crippen LogP contribution is 2.22. The number of nitrogens with zero attached hydrogens (tertiary/aromatic N) is 3. The summed E-state index contributed by atoms with van der Waals surface area (Å²) in [6.07, 6.45) is 0.629. The van der Waals surface area contributed by atoms with E-state index < -0.39 is 0 Å². The monoisotopic (exact) mass is 388 g/mol. The Morgan fingerprint density at radius 2 is 2.21 bits per heavy atom. The highest BCUT2D eigenvalue weighted by Gasteiger charge is 2.26. The molecule has 2 aliphatic heterocycles. The molecule has 1 unspecified atom stereocenters. The lowest BCUT2D eigenvalue weighted by Crippen LogP contribution is -2.45. The number of benzene rings is 1. The fourth-order valence-corrected chi connectivity index (χ4v) is 3.62. The Hall–Kier alpha value is -2.29. The van der Waals surface area contributed by atoms with E-state index in [0.29, 0.717) is 38.2 Å². The van der Waals surface area contributed by atoms with E-state index in [9.17, 15) is 9.18 Å². The van der Waals surface area contributed by atoms with E-state index in [-0.39, 0.29) is 23.7 Å². The van der Waals surface area contributed by atoms with Gasteiger partial charge in [-0.2, -0.15) is 0 Å². The molecule has 150 valence electrons. The van der Waals surface area contributed by atoms with Crippen LogP contribution in [-0.4, -0.2) is 66.6 Å². The smallest absolute Gasteiger partial charge is 0.307 e. The van der Waals surface area contributed by atoms with Crippen molar-refractivity contribution in [1.29, 1.82) is 0 Å². The number of halogens is 1. The van der Waals surface area contributed by atoms with Crippen molar-refractivity contribution in [2.24, 2.45) is 0 Å². The van der Waals surface area contributed by atoms with Gasteiger partial charge in [-0.15, -0.1) is 0 Å². The SMILES string of the molecule is CN1CCOC(CNC(=O)c2nc3c(o2)CCN(Cc2ccccc2F)C3)C1. The van der Waals surface area contributed by atoms with Crippen molar-refractivity contribution in [3.63, 3.8) is 0 Å². The van der Waals surface area contributed by atoms with Gasteiger partial charge in [0.25, 0.3) is 5.89 Å². The molecule has 8 heteroatoms. The number of rotatable bonds is 5. The van der Waals surface area contributed by atoms with Gasteiger partial charge in [0.05, 0.1) is 18.4 Å². The Morgan fingerprint density at radius 3 is 3.04 bits per heavy atom. The van der Waals surface area contributed by atoms with Gasteiger partial charge in [-0.05, 0) is 13.1 Å². The van der Waals surface area contributed by atoms with E-state index in [1.807, 2.05) is 13.1 Å². The standard InChI is InChI=1S/C20H25FN4O3/c1-24-8-9-27-15(12-24)10-22-19(26)20-23-17-13-25(7-6-18(17)28-20)11-14-4-2-3-5-16(14)21/h2-5,15H,6-13H2,1H3,(H,22,26). The molecule has 0 spiro atoms. The third-order valence-corrected chi connectivity index (χ3v) is 5.18. The highest BCUT2D eigenvalue weighted by molar-refractivity contribution is 5.89. The van der Waals surface area contributed by atoms with Gasteiger partial charge < -0.3 is 19.4 Å². The van der Waals surface area contributed by atoms with Crippen LogP contribution in [0.5, 0.6) is 0 Å². The Kier molecular flexibility index (Phi) is 5.70. The summed E-state index contributed by atoms with van der Waals surface area (Å²) < 4.78 is 25.2. The first kappa shape index (κ1) is 19.0. The summed E-state index contributed by atoms with van der Waals surface area (Å²) in [6, 6.07) is 6.78. The molecule has 0 bridgehead atoms. The number of amides is 1. The van der Waals surface area contributed by atoms with Crippen molar-refractivity contribution in [3.8, 4) is 0 Å². The molecule has 1 atom stereocenters. The van der Waals surface area contributed by atoms with Gasteiger partial charge in [-0.25, -0.2) is 9.37 Å². The van der Waals surface area contributed by atoms with Crippen LogP contribution in [0.25, 0.3) is 0 Å². The summed E-state index contributed by atoms with van der Waals surface area (Å²) in [4.78, 5) is 21.1. The van der Waals surface area contributed by atoms with Gasteiger partial charge in [0, 0.05) is 51.3 Å². The van der Waals surface area contributed by atoms with Crippen LogP contribution < -0.4 is 5.32 Å². The zero-order valence-electron chi connectivity index (χ0n) is 16.0. The number of carbonyl (C=O) groups is 1. The number of hydrogen-bond donors (Lipinski definition) is 1. The topological polar surface area (TPSA) is 70.8 Å². The number of fused-ring (bicyclic) bond motifs is 1. The van der Waals surface area contributed by atoms with Crippen LogP contribution in [0.2, 0.25) is 0 Å². The Bertz CT molecular complexity index is 841. The largest absolute Gasteiger partial charge is 0.437 e. The average Bonchev–Trinajstić information content (AvgIpc) is 3.11. The Balaban J connectivity index is 1.34. The molecule has 7 nitrogen and oxygen atoms in total. The van der Waals surface area contributed by atoms with Crippen molar-refractivity contribution in [1.82, 2.24) is 20.1 Å². The number of hydrogen-bond acceptors (Lipinski definition) is 6. The lowest BCUT2D eigenvalue weighted by Gasteiger charge is -2.29. The third-order valence-electron chi connectivity index (χ3n) is 5.18. The minimum atomic E-state index is -0.327. The summed E-state index contributed by atoms with van der Waals surface area (Å²) in [6.45, 7) is 4.56. The molecule has 1 aromatic heterocycles. The molecule has 3 heterocycles. The second kappa shape index (κ2) is 8.38. The van der Waals surface area contributed by atoms with Gasteiger partial charge in [-0.3, -0.25) is 9.69 Å². The number of aromatic nitrogens is 1. The second-order valence-electron chi connectivity index (χ2n) is 7.41. The van der Waals surface area contributed by atoms with Crippen LogP contribution in [0.3, 0.4) is 0 Å². The quantitative estimate of drug-likeness (QED) is 0.836. The lowest BCUT2D eigenvalue weighted by molar-refractivity contribution is -0.0176. The Morgan fingerprint density at radius 1 is 1.36 bits per heavy atom. The molecule has 1 aromatic carbocycles. The van der Waals surface area contributed by atoms with Crippen molar-refractivity contribution in [3.05, 3.63) is 53.0 Å². The summed E-state index contributed by atoms with van der Waals surface area (Å²) >= 11 is 0. The van der Waals surface area contributed by atoms with Gasteiger partial charge in [0.15, 0.2) is 0 Å². The van der Waals surface area contributed by atoms with Crippen molar-refractivity contribution in [2.45, 2.75) is 25.6 Å². The highest BCUT2D eigenvalue weighted by atomic mass is 19.1. The minimum Gasteiger partial charge on any atom is -0.437 e. The van der Waals surface area contributed by atoms with Crippen molar-refractivity contribution >= 4 is 5.91 Å². The van der Waals surface area contributed by atoms with E-state index in [1.165, 1.54) is 6.07 Å². The van der Waals surface area contributed by atoms with Gasteiger partial charge in [0.1, 0.15) is 11.6 Å². The van der Waals surface area contributed by atoms with Crippen LogP contribution in [0.1, 0.15) is 27.7 Å². The zero-order chi connectivity index (χ0) is 19.5. The summed E-state index contributed by atoms with van der Waals surface area (Å²) in [7, 11) is 2.03. The number of likely N-dealkylation sites (N-methyl/N-ethyl adjacent to an activating group) is 1. The number of morpholine rings is 1. The van der Waals surface area contributed by atoms with Crippen LogP contribution >= 0.6 is 0 Å². The number of nitrogens with one attached hydrogen (secondary N) is 1. The van der Waals surface area contributed by atoms with E-state index in [0.717, 1.165) is 31.1 Å². The number of oxazole rings is 1. The minimum absolute atomic E-state index is 0.0245. The third kappa shape index (κ3) is 4.40. The van der Waals surface area contributed by atoms with Crippen molar-refractivity contribution < 1.29 is 18.3 Å². The van der Waals surface area contributed by atoms with E-state index in [4.69, 9.17) is 9.15 Å². The average molecular weight is 388 g/mol. The fraction of sp³-hybridized carbons (Fsp3) is 0.500. The molecule has 4 rings (SSSR count). The maximum absolute atomic E-state index is 13.9. The normalized spacial score (nSPS) is 20.7. The Labute approximate surface area is 163 Å². The lowest BCUT2D eigenvalue weighted by atomic mass is 10.1. The van der Waals surface area contributed by atoms with Crippen LogP contribution in [0.4, 0.5) is 4.39 Å². The van der Waals surface area contributed by atoms with E-state index in [2.05, 4.69) is 20.1 Å². The second-order valence-corrected chi connectivity index (χ2v) is 7.41. The number of ether oxygens (including phenoxy) is 1. The fourth-order valence-electron chi connectivity index (χ4n) is 3.62. The molecule has 28 heavy (non-hydrogen) atoms.